The molecule has 2 fully saturated rings. The molecule has 0 amide bonds. The number of alkyl halides is 2. The minimum absolute atomic E-state index is 0.00844. The summed E-state index contributed by atoms with van der Waals surface area (Å²) in [7, 11) is -1.08. The molecule has 44 heavy (non-hydrogen) atoms. The predicted molar refractivity (Wildman–Crippen MR) is 171 cm³/mol. The van der Waals surface area contributed by atoms with Crippen molar-refractivity contribution in [2.75, 3.05) is 13.7 Å². The van der Waals surface area contributed by atoms with Crippen molar-refractivity contribution in [3.8, 4) is 0 Å². The van der Waals surface area contributed by atoms with Gasteiger partial charge in [-0.05, 0) is 75.4 Å². The van der Waals surface area contributed by atoms with E-state index in [4.69, 9.17) is 23.4 Å². The quantitative estimate of drug-likeness (QED) is 0.0786. The number of esters is 2. The van der Waals surface area contributed by atoms with Crippen molar-refractivity contribution in [3.05, 3.63) is 0 Å². The summed E-state index contributed by atoms with van der Waals surface area (Å²) in [5.74, 6) is -3.54. The molecule has 1 aliphatic carbocycles. The third-order valence-electron chi connectivity index (χ3n) is 9.99. The Morgan fingerprint density at radius 1 is 0.977 bits per heavy atom. The molecule has 258 valence electrons. The molecule has 1 aliphatic heterocycles. The molecule has 6 atom stereocenters. The van der Waals surface area contributed by atoms with Crippen molar-refractivity contribution in [2.24, 2.45) is 11.8 Å². The fourth-order valence-electron chi connectivity index (χ4n) is 6.36. The molecule has 7 nitrogen and oxygen atoms in total. The van der Waals surface area contributed by atoms with Gasteiger partial charge in [0.15, 0.2) is 14.6 Å². The van der Waals surface area contributed by atoms with Gasteiger partial charge in [0.2, 0.25) is 0 Å². The lowest BCUT2D eigenvalue weighted by atomic mass is 9.84. The van der Waals surface area contributed by atoms with Crippen molar-refractivity contribution < 1.29 is 41.7 Å². The van der Waals surface area contributed by atoms with Crippen LogP contribution in [0.3, 0.4) is 0 Å². The highest BCUT2D eigenvalue weighted by Gasteiger charge is 2.50. The summed E-state index contributed by atoms with van der Waals surface area (Å²) in [5.41, 5.74) is 0. The number of methoxy groups -OCH3 is 1. The van der Waals surface area contributed by atoms with E-state index in [1.807, 2.05) is 20.0 Å². The molecule has 0 bridgehead atoms. The summed E-state index contributed by atoms with van der Waals surface area (Å²) in [6.07, 6.45) is 7.66. The number of hydrogen-bond acceptors (Lipinski definition) is 7. The van der Waals surface area contributed by atoms with E-state index >= 15 is 8.78 Å². The second-order valence-electron chi connectivity index (χ2n) is 14.5. The number of carbonyl (C=O) groups is 2. The SMILES string of the molecule is CCCCC(F)(F)C(CC[C@@H]1[C@@H](CCCCCCC(=O)OC)[C@@H](OC(C)=O)C[C@H]1OC1CCCCO1)O[Si](C)(C)C(C)(C)C. The van der Waals surface area contributed by atoms with Crippen LogP contribution in [0.1, 0.15) is 131 Å². The van der Waals surface area contributed by atoms with Crippen LogP contribution in [0, 0.1) is 11.8 Å². The monoisotopic (exact) mass is 648 g/mol. The Kier molecular flexibility index (Phi) is 16.2. The van der Waals surface area contributed by atoms with Gasteiger partial charge < -0.3 is 23.4 Å². The first-order chi connectivity index (χ1) is 20.6. The van der Waals surface area contributed by atoms with Crippen LogP contribution in [-0.2, 0) is 33.0 Å². The van der Waals surface area contributed by atoms with E-state index in [1.165, 1.54) is 14.0 Å². The molecule has 1 heterocycles. The predicted octanol–water partition coefficient (Wildman–Crippen LogP) is 8.98. The molecule has 1 saturated carbocycles. The Morgan fingerprint density at radius 2 is 1.66 bits per heavy atom. The van der Waals surface area contributed by atoms with E-state index < -0.39 is 20.3 Å². The second-order valence-corrected chi connectivity index (χ2v) is 19.3. The van der Waals surface area contributed by atoms with E-state index in [0.717, 1.165) is 51.4 Å². The molecular formula is C34H62F2O7Si. The fraction of sp³-hybridized carbons (Fsp3) is 0.941. The van der Waals surface area contributed by atoms with E-state index in [9.17, 15) is 9.59 Å². The van der Waals surface area contributed by atoms with Crippen LogP contribution in [0.2, 0.25) is 18.1 Å². The number of carbonyl (C=O) groups excluding carboxylic acids is 2. The zero-order chi connectivity index (χ0) is 33.0. The number of rotatable bonds is 19. The molecule has 0 aromatic rings. The molecular weight excluding hydrogens is 586 g/mol. The highest BCUT2D eigenvalue weighted by Crippen LogP contribution is 2.46. The van der Waals surface area contributed by atoms with Gasteiger partial charge in [-0.15, -0.1) is 0 Å². The first-order valence-corrected chi connectivity index (χ1v) is 20.1. The lowest BCUT2D eigenvalue weighted by Gasteiger charge is -2.42. The van der Waals surface area contributed by atoms with E-state index in [2.05, 4.69) is 20.8 Å². The van der Waals surface area contributed by atoms with Gasteiger partial charge >= 0.3 is 11.9 Å². The summed E-state index contributed by atoms with van der Waals surface area (Å²) in [5, 5.41) is -0.194. The highest BCUT2D eigenvalue weighted by molar-refractivity contribution is 6.74. The maximum Gasteiger partial charge on any atom is 0.305 e. The molecule has 0 spiro atoms. The van der Waals surface area contributed by atoms with Gasteiger partial charge in [-0.2, -0.15) is 0 Å². The zero-order valence-corrected chi connectivity index (χ0v) is 29.9. The van der Waals surface area contributed by atoms with Gasteiger partial charge in [0.25, 0.3) is 5.92 Å². The number of unbranched alkanes of at least 4 members (excludes halogenated alkanes) is 4. The summed E-state index contributed by atoms with van der Waals surface area (Å²) in [6, 6.07) is 0. The summed E-state index contributed by atoms with van der Waals surface area (Å²) in [6.45, 7) is 14.3. The first-order valence-electron chi connectivity index (χ1n) is 17.2. The molecule has 0 aromatic carbocycles. The number of halogens is 2. The largest absolute Gasteiger partial charge is 0.469 e. The molecule has 1 saturated heterocycles. The van der Waals surface area contributed by atoms with Crippen molar-refractivity contribution in [1.29, 1.82) is 0 Å². The Bertz CT molecular complexity index is 857. The van der Waals surface area contributed by atoms with Gasteiger partial charge in [0.05, 0.1) is 13.2 Å². The van der Waals surface area contributed by atoms with Gasteiger partial charge in [-0.25, -0.2) is 8.78 Å². The summed E-state index contributed by atoms with van der Waals surface area (Å²) in [4.78, 5) is 23.6. The Labute approximate surface area is 266 Å². The summed E-state index contributed by atoms with van der Waals surface area (Å²) < 4.78 is 61.2. The van der Waals surface area contributed by atoms with Crippen LogP contribution in [0.5, 0.6) is 0 Å². The van der Waals surface area contributed by atoms with Crippen molar-refractivity contribution >= 4 is 20.3 Å². The topological polar surface area (TPSA) is 80.3 Å². The van der Waals surface area contributed by atoms with Crippen molar-refractivity contribution in [1.82, 2.24) is 0 Å². The highest BCUT2D eigenvalue weighted by atomic mass is 28.4. The average Bonchev–Trinajstić information content (AvgIpc) is 3.25. The van der Waals surface area contributed by atoms with Crippen LogP contribution in [0.25, 0.3) is 0 Å². The van der Waals surface area contributed by atoms with E-state index in [1.54, 1.807) is 0 Å². The molecule has 2 aliphatic rings. The van der Waals surface area contributed by atoms with Crippen LogP contribution in [0.4, 0.5) is 8.78 Å². The smallest absolute Gasteiger partial charge is 0.305 e. The molecule has 0 radical (unpaired) electrons. The van der Waals surface area contributed by atoms with Crippen LogP contribution in [-0.4, -0.2) is 64.5 Å². The third-order valence-corrected chi connectivity index (χ3v) is 14.5. The van der Waals surface area contributed by atoms with Crippen molar-refractivity contribution in [2.45, 2.75) is 180 Å². The molecule has 2 unspecified atom stereocenters. The Balaban J connectivity index is 2.27. The Hall–Kier alpha value is -1.10. The maximum absolute atomic E-state index is 15.8. The lowest BCUT2D eigenvalue weighted by molar-refractivity contribution is -0.197. The van der Waals surface area contributed by atoms with Crippen LogP contribution in [0.15, 0.2) is 0 Å². The minimum atomic E-state index is -2.93. The lowest BCUT2D eigenvalue weighted by Crippen LogP contribution is -2.49. The fourth-order valence-corrected chi connectivity index (χ4v) is 7.71. The second kappa shape index (κ2) is 18.3. The summed E-state index contributed by atoms with van der Waals surface area (Å²) >= 11 is 0. The molecule has 0 N–H and O–H groups in total. The van der Waals surface area contributed by atoms with Gasteiger partial charge in [0.1, 0.15) is 12.2 Å². The standard InChI is InChI=1S/C34H62F2O7Si/c1-9-10-22-34(35,36)30(43-44(7,8)33(3,4)5)21-20-27-26(17-13-11-12-14-18-31(38)39-6)28(41-25(2)37)24-29(27)42-32-19-15-16-23-40-32/h26-30,32H,9-24H2,1-8H3/t26-,27-,28+,29-,30?,32?/m1/s1. The first kappa shape index (κ1) is 39.1. The van der Waals surface area contributed by atoms with Crippen molar-refractivity contribution in [3.63, 3.8) is 0 Å². The van der Waals surface area contributed by atoms with Gasteiger partial charge in [-0.1, -0.05) is 53.4 Å². The van der Waals surface area contributed by atoms with Gasteiger partial charge in [0, 0.05) is 38.7 Å². The zero-order valence-electron chi connectivity index (χ0n) is 28.9. The van der Waals surface area contributed by atoms with E-state index in [0.29, 0.717) is 38.7 Å². The van der Waals surface area contributed by atoms with Crippen LogP contribution < -0.4 is 0 Å². The average molecular weight is 649 g/mol. The number of hydrogen-bond donors (Lipinski definition) is 0. The third kappa shape index (κ3) is 12.6. The molecule has 10 heteroatoms. The van der Waals surface area contributed by atoms with Crippen LogP contribution >= 0.6 is 0 Å². The molecule has 0 aromatic heterocycles. The normalized spacial score (nSPS) is 25.5. The molecule has 2 rings (SSSR count). The number of ether oxygens (including phenoxy) is 4. The minimum Gasteiger partial charge on any atom is -0.469 e. The maximum atomic E-state index is 15.8. The van der Waals surface area contributed by atoms with E-state index in [-0.39, 0.29) is 60.2 Å². The van der Waals surface area contributed by atoms with Gasteiger partial charge in [-0.3, -0.25) is 9.59 Å². The Morgan fingerprint density at radius 3 is 2.25 bits per heavy atom.